The van der Waals surface area contributed by atoms with Crippen LogP contribution in [0.4, 0.5) is 5.82 Å². The number of ether oxygens (including phenoxy) is 1. The molecular weight excluding hydrogens is 385 g/mol. The van der Waals surface area contributed by atoms with Crippen LogP contribution in [-0.4, -0.2) is 26.5 Å². The fraction of sp³-hybridized carbons (Fsp3) is 0.263. The number of benzene rings is 1. The van der Waals surface area contributed by atoms with Gasteiger partial charge in [0, 0.05) is 6.54 Å². The van der Waals surface area contributed by atoms with Crippen LogP contribution in [-0.2, 0) is 12.8 Å². The van der Waals surface area contributed by atoms with Crippen LogP contribution in [0, 0.1) is 6.92 Å². The molecule has 8 heteroatoms. The van der Waals surface area contributed by atoms with Crippen molar-refractivity contribution in [2.45, 2.75) is 26.7 Å². The number of hydrogen-bond acceptors (Lipinski definition) is 6. The minimum Gasteiger partial charge on any atom is -0.424 e. The maximum absolute atomic E-state index is 6.35. The first kappa shape index (κ1) is 19.3. The maximum atomic E-state index is 6.35. The highest BCUT2D eigenvalue weighted by Gasteiger charge is 2.09. The number of hydrogen-bond donors (Lipinski definition) is 1. The molecule has 6 nitrogen and oxygen atoms in total. The zero-order valence-corrected chi connectivity index (χ0v) is 16.6. The summed E-state index contributed by atoms with van der Waals surface area (Å²) >= 11 is 12.1. The number of rotatable bonds is 7. The fourth-order valence-electron chi connectivity index (χ4n) is 2.48. The third kappa shape index (κ3) is 5.28. The van der Waals surface area contributed by atoms with Gasteiger partial charge in [-0.2, -0.15) is 0 Å². The molecule has 0 aliphatic rings. The molecule has 27 heavy (non-hydrogen) atoms. The molecule has 0 fully saturated rings. The normalized spacial score (nSPS) is 10.7. The van der Waals surface area contributed by atoms with Crippen molar-refractivity contribution < 1.29 is 4.74 Å². The van der Waals surface area contributed by atoms with Crippen LogP contribution >= 0.6 is 23.2 Å². The molecule has 0 amide bonds. The second-order valence-electron chi connectivity index (χ2n) is 5.84. The molecule has 3 aromatic rings. The van der Waals surface area contributed by atoms with Crippen molar-refractivity contribution in [1.82, 2.24) is 19.9 Å². The Morgan fingerprint density at radius 3 is 2.41 bits per heavy atom. The number of aromatic nitrogens is 4. The summed E-state index contributed by atoms with van der Waals surface area (Å²) in [4.78, 5) is 16.8. The molecule has 0 unspecified atom stereocenters. The third-order valence-corrected chi connectivity index (χ3v) is 4.39. The van der Waals surface area contributed by atoms with E-state index in [1.54, 1.807) is 0 Å². The van der Waals surface area contributed by atoms with Gasteiger partial charge in [0.15, 0.2) is 0 Å². The summed E-state index contributed by atoms with van der Waals surface area (Å²) in [7, 11) is 0. The zero-order valence-electron chi connectivity index (χ0n) is 15.0. The molecule has 1 N–H and O–H groups in total. The van der Waals surface area contributed by atoms with Crippen molar-refractivity contribution in [2.75, 3.05) is 11.9 Å². The van der Waals surface area contributed by atoms with E-state index in [9.17, 15) is 0 Å². The summed E-state index contributed by atoms with van der Waals surface area (Å²) in [5, 5.41) is 4.35. The summed E-state index contributed by atoms with van der Waals surface area (Å²) < 4.78 is 5.59. The first-order chi connectivity index (χ1) is 13.0. The summed E-state index contributed by atoms with van der Waals surface area (Å²) in [6.45, 7) is 4.60. The highest BCUT2D eigenvalue weighted by Crippen LogP contribution is 2.23. The predicted molar refractivity (Wildman–Crippen MR) is 107 cm³/mol. The van der Waals surface area contributed by atoms with Gasteiger partial charge >= 0.3 is 6.01 Å². The van der Waals surface area contributed by atoms with Gasteiger partial charge in [-0.1, -0.05) is 42.3 Å². The largest absolute Gasteiger partial charge is 0.424 e. The quantitative estimate of drug-likeness (QED) is 0.605. The van der Waals surface area contributed by atoms with Crippen LogP contribution in [0.5, 0.6) is 11.8 Å². The smallest absolute Gasteiger partial charge is 0.321 e. The summed E-state index contributed by atoms with van der Waals surface area (Å²) in [6.07, 6.45) is 4.58. The molecule has 1 aromatic carbocycles. The van der Waals surface area contributed by atoms with Gasteiger partial charge in [0.1, 0.15) is 22.4 Å². The zero-order chi connectivity index (χ0) is 19.2. The average molecular weight is 404 g/mol. The Balaban J connectivity index is 1.56. The summed E-state index contributed by atoms with van der Waals surface area (Å²) in [5.74, 6) is 2.06. The number of anilines is 1. The molecule has 0 aliphatic carbocycles. The molecule has 0 bridgehead atoms. The standard InChI is InChI=1S/C19H19Cl2N5O/c1-3-16-17(21)18(26-12(2)25-16)22-9-8-13-4-6-15(7-5-13)27-19-23-10-14(20)11-24-19/h4-7,10-11H,3,8-9H2,1-2H3,(H,22,25,26). The summed E-state index contributed by atoms with van der Waals surface area (Å²) in [5.41, 5.74) is 2.02. The number of nitrogens with zero attached hydrogens (tertiary/aromatic N) is 4. The second-order valence-corrected chi connectivity index (χ2v) is 6.65. The van der Waals surface area contributed by atoms with Crippen molar-refractivity contribution in [3.63, 3.8) is 0 Å². The maximum Gasteiger partial charge on any atom is 0.321 e. The lowest BCUT2D eigenvalue weighted by Crippen LogP contribution is -2.09. The Hall–Kier alpha value is -2.44. The van der Waals surface area contributed by atoms with E-state index in [-0.39, 0.29) is 6.01 Å². The van der Waals surface area contributed by atoms with Crippen molar-refractivity contribution in [2.24, 2.45) is 0 Å². The van der Waals surface area contributed by atoms with Crippen molar-refractivity contribution in [1.29, 1.82) is 0 Å². The topological polar surface area (TPSA) is 72.8 Å². The van der Waals surface area contributed by atoms with Gasteiger partial charge in [-0.3, -0.25) is 0 Å². The lowest BCUT2D eigenvalue weighted by atomic mass is 10.1. The molecule has 0 aliphatic heterocycles. The molecule has 0 atom stereocenters. The van der Waals surface area contributed by atoms with E-state index < -0.39 is 0 Å². The van der Waals surface area contributed by atoms with Gasteiger partial charge in [0.2, 0.25) is 0 Å². The Kier molecular flexibility index (Phi) is 6.42. The average Bonchev–Trinajstić information content (AvgIpc) is 2.67. The molecule has 2 heterocycles. The van der Waals surface area contributed by atoms with Crippen LogP contribution in [0.25, 0.3) is 0 Å². The molecule has 2 aromatic heterocycles. The van der Waals surface area contributed by atoms with Gasteiger partial charge in [-0.15, -0.1) is 0 Å². The predicted octanol–water partition coefficient (Wildman–Crippen LogP) is 4.89. The van der Waals surface area contributed by atoms with Gasteiger partial charge in [-0.25, -0.2) is 19.9 Å². The van der Waals surface area contributed by atoms with E-state index in [1.165, 1.54) is 12.4 Å². The van der Waals surface area contributed by atoms with Crippen LogP contribution in [0.3, 0.4) is 0 Å². The molecule has 0 saturated heterocycles. The lowest BCUT2D eigenvalue weighted by Gasteiger charge is -2.11. The van der Waals surface area contributed by atoms with E-state index in [4.69, 9.17) is 27.9 Å². The van der Waals surface area contributed by atoms with Crippen molar-refractivity contribution in [3.05, 3.63) is 63.8 Å². The van der Waals surface area contributed by atoms with Crippen LogP contribution in [0.1, 0.15) is 24.0 Å². The van der Waals surface area contributed by atoms with E-state index in [1.807, 2.05) is 38.1 Å². The molecule has 3 rings (SSSR count). The lowest BCUT2D eigenvalue weighted by molar-refractivity contribution is 0.441. The van der Waals surface area contributed by atoms with Crippen molar-refractivity contribution >= 4 is 29.0 Å². The van der Waals surface area contributed by atoms with Crippen LogP contribution in [0.2, 0.25) is 10.0 Å². The Bertz CT molecular complexity index is 901. The van der Waals surface area contributed by atoms with E-state index in [2.05, 4.69) is 25.3 Å². The van der Waals surface area contributed by atoms with Gasteiger partial charge in [-0.05, 0) is 37.5 Å². The molecule has 0 saturated carbocycles. The van der Waals surface area contributed by atoms with Crippen LogP contribution < -0.4 is 10.1 Å². The first-order valence-electron chi connectivity index (χ1n) is 8.56. The minimum atomic E-state index is 0.259. The van der Waals surface area contributed by atoms with Gasteiger partial charge in [0.05, 0.1) is 23.1 Å². The van der Waals surface area contributed by atoms with Gasteiger partial charge in [0.25, 0.3) is 0 Å². The molecule has 140 valence electrons. The highest BCUT2D eigenvalue weighted by atomic mass is 35.5. The molecular formula is C19H19Cl2N5O. The SMILES string of the molecule is CCc1nc(C)nc(NCCc2ccc(Oc3ncc(Cl)cn3)cc2)c1Cl. The Morgan fingerprint density at radius 1 is 1.04 bits per heavy atom. The number of aryl methyl sites for hydroxylation is 2. The Labute approximate surface area is 168 Å². The minimum absolute atomic E-state index is 0.259. The van der Waals surface area contributed by atoms with Gasteiger partial charge < -0.3 is 10.1 Å². The highest BCUT2D eigenvalue weighted by molar-refractivity contribution is 6.33. The Morgan fingerprint density at radius 2 is 1.74 bits per heavy atom. The fourth-order valence-corrected chi connectivity index (χ4v) is 2.86. The second kappa shape index (κ2) is 8.97. The van der Waals surface area contributed by atoms with E-state index in [0.29, 0.717) is 34.0 Å². The molecule has 0 spiro atoms. The van der Waals surface area contributed by atoms with Crippen LogP contribution in [0.15, 0.2) is 36.7 Å². The number of halogens is 2. The molecule has 0 radical (unpaired) electrons. The van der Waals surface area contributed by atoms with E-state index in [0.717, 1.165) is 24.1 Å². The first-order valence-corrected chi connectivity index (χ1v) is 9.32. The third-order valence-electron chi connectivity index (χ3n) is 3.80. The van der Waals surface area contributed by atoms with E-state index >= 15 is 0 Å². The number of nitrogens with one attached hydrogen (secondary N) is 1. The van der Waals surface area contributed by atoms with Crippen molar-refractivity contribution in [3.8, 4) is 11.8 Å². The summed E-state index contributed by atoms with van der Waals surface area (Å²) in [6, 6.07) is 8.01. The monoisotopic (exact) mass is 403 g/mol.